The van der Waals surface area contributed by atoms with Crippen LogP contribution >= 0.6 is 0 Å². The number of piperidine rings is 1. The van der Waals surface area contributed by atoms with E-state index >= 15 is 0 Å². The van der Waals surface area contributed by atoms with Crippen molar-refractivity contribution in [3.8, 4) is 5.75 Å². The first kappa shape index (κ1) is 19.4. The summed E-state index contributed by atoms with van der Waals surface area (Å²) in [7, 11) is -3.58. The maximum atomic E-state index is 12.6. The highest BCUT2D eigenvalue weighted by atomic mass is 32.2. The Hall–Kier alpha value is -2.94. The quantitative estimate of drug-likeness (QED) is 0.812. The first-order valence-corrected chi connectivity index (χ1v) is 11.1. The Bertz CT molecular complexity index is 1050. The molecule has 1 atom stereocenters. The van der Waals surface area contributed by atoms with E-state index in [2.05, 4.69) is 9.38 Å². The Morgan fingerprint density at radius 2 is 2.10 bits per heavy atom. The topological polar surface area (TPSA) is 115 Å². The lowest BCUT2D eigenvalue weighted by atomic mass is 9.98. The molecule has 2 aliphatic heterocycles. The van der Waals surface area contributed by atoms with E-state index in [9.17, 15) is 13.2 Å². The standard InChI is InChI=1S/C20H22N4O4S/c21-19-18-15(13-29(26,27)23-19)6-3-8-17(18)28-12-14-5-4-10-24(11-14)20(25)16-7-1-2-9-22-16/h1-3,6-9,14H,4-5,10-13H2,(H2,21,23)/t14-/m0/s1. The van der Waals surface area contributed by atoms with Crippen LogP contribution in [0.4, 0.5) is 0 Å². The number of aromatic nitrogens is 1. The van der Waals surface area contributed by atoms with Crippen molar-refractivity contribution in [3.05, 3.63) is 59.4 Å². The van der Waals surface area contributed by atoms with E-state index in [0.29, 0.717) is 42.3 Å². The van der Waals surface area contributed by atoms with E-state index in [4.69, 9.17) is 10.5 Å². The van der Waals surface area contributed by atoms with Gasteiger partial charge in [-0.15, -0.1) is 4.40 Å². The molecule has 0 radical (unpaired) electrons. The molecule has 2 aliphatic rings. The van der Waals surface area contributed by atoms with Gasteiger partial charge in [-0.05, 0) is 36.6 Å². The molecular formula is C20H22N4O4S. The van der Waals surface area contributed by atoms with Gasteiger partial charge in [-0.3, -0.25) is 9.78 Å². The lowest BCUT2D eigenvalue weighted by Crippen LogP contribution is -2.42. The van der Waals surface area contributed by atoms with Crippen molar-refractivity contribution >= 4 is 21.8 Å². The summed E-state index contributed by atoms with van der Waals surface area (Å²) in [5.41, 5.74) is 7.46. The average molecular weight is 414 g/mol. The molecule has 1 aromatic heterocycles. The van der Waals surface area contributed by atoms with E-state index in [1.165, 1.54) is 0 Å². The zero-order valence-corrected chi connectivity index (χ0v) is 16.6. The number of pyridine rings is 1. The number of sulfonamides is 1. The number of rotatable bonds is 4. The van der Waals surface area contributed by atoms with Gasteiger partial charge in [0.2, 0.25) is 0 Å². The second kappa shape index (κ2) is 7.82. The van der Waals surface area contributed by atoms with Gasteiger partial charge in [-0.25, -0.2) is 8.42 Å². The van der Waals surface area contributed by atoms with Gasteiger partial charge in [-0.2, -0.15) is 0 Å². The molecule has 4 rings (SSSR count). The number of hydrogen-bond acceptors (Lipinski definition) is 6. The van der Waals surface area contributed by atoms with Crippen molar-refractivity contribution in [1.29, 1.82) is 0 Å². The summed E-state index contributed by atoms with van der Waals surface area (Å²) in [5, 5.41) is 0. The van der Waals surface area contributed by atoms with Crippen molar-refractivity contribution < 1.29 is 17.9 Å². The molecule has 0 spiro atoms. The van der Waals surface area contributed by atoms with E-state index in [-0.39, 0.29) is 23.4 Å². The molecule has 0 saturated carbocycles. The van der Waals surface area contributed by atoms with Gasteiger partial charge in [0.15, 0.2) is 0 Å². The second-order valence-corrected chi connectivity index (χ2v) is 8.91. The number of ether oxygens (including phenoxy) is 1. The molecule has 9 heteroatoms. The third-order valence-electron chi connectivity index (χ3n) is 5.11. The van der Waals surface area contributed by atoms with Crippen molar-refractivity contribution in [1.82, 2.24) is 9.88 Å². The van der Waals surface area contributed by atoms with Gasteiger partial charge < -0.3 is 15.4 Å². The van der Waals surface area contributed by atoms with Crippen molar-refractivity contribution in [2.45, 2.75) is 18.6 Å². The van der Waals surface area contributed by atoms with E-state index in [0.717, 1.165) is 12.8 Å². The number of carbonyl (C=O) groups is 1. The molecule has 1 saturated heterocycles. The summed E-state index contributed by atoms with van der Waals surface area (Å²) in [4.78, 5) is 18.6. The highest BCUT2D eigenvalue weighted by molar-refractivity contribution is 7.89. The fourth-order valence-corrected chi connectivity index (χ4v) is 4.87. The van der Waals surface area contributed by atoms with Crippen LogP contribution in [0, 0.1) is 5.92 Å². The summed E-state index contributed by atoms with van der Waals surface area (Å²) in [6.45, 7) is 1.69. The van der Waals surface area contributed by atoms with E-state index in [1.807, 2.05) is 4.90 Å². The number of amides is 1. The lowest BCUT2D eigenvalue weighted by molar-refractivity contribution is 0.0627. The summed E-state index contributed by atoms with van der Waals surface area (Å²) in [6, 6.07) is 10.5. The molecule has 0 bridgehead atoms. The van der Waals surface area contributed by atoms with Crippen molar-refractivity contribution in [2.75, 3.05) is 19.7 Å². The first-order valence-electron chi connectivity index (χ1n) is 9.46. The molecule has 1 amide bonds. The maximum Gasteiger partial charge on any atom is 0.272 e. The van der Waals surface area contributed by atoms with Gasteiger partial charge in [0.25, 0.3) is 15.9 Å². The van der Waals surface area contributed by atoms with E-state index in [1.54, 1.807) is 42.6 Å². The Morgan fingerprint density at radius 3 is 2.90 bits per heavy atom. The molecule has 1 aromatic carbocycles. The smallest absolute Gasteiger partial charge is 0.272 e. The van der Waals surface area contributed by atoms with Crippen LogP contribution in [0.3, 0.4) is 0 Å². The van der Waals surface area contributed by atoms with Crippen LogP contribution in [-0.4, -0.2) is 49.7 Å². The number of carbonyl (C=O) groups excluding carboxylic acids is 1. The summed E-state index contributed by atoms with van der Waals surface area (Å²) in [5.74, 6) is 0.381. The summed E-state index contributed by atoms with van der Waals surface area (Å²) < 4.78 is 33.2. The van der Waals surface area contributed by atoms with Crippen LogP contribution < -0.4 is 10.5 Å². The van der Waals surface area contributed by atoms with Gasteiger partial charge in [0.1, 0.15) is 17.3 Å². The second-order valence-electron chi connectivity index (χ2n) is 7.28. The monoisotopic (exact) mass is 414 g/mol. The van der Waals surface area contributed by atoms with Gasteiger partial charge in [0, 0.05) is 25.2 Å². The Kier molecular flexibility index (Phi) is 5.23. The minimum atomic E-state index is -3.58. The number of fused-ring (bicyclic) bond motifs is 1. The summed E-state index contributed by atoms with van der Waals surface area (Å²) >= 11 is 0. The number of benzene rings is 1. The Balaban J connectivity index is 1.44. The third kappa shape index (κ3) is 4.24. The van der Waals surface area contributed by atoms with Crippen LogP contribution in [0.25, 0.3) is 0 Å². The number of hydrogen-bond donors (Lipinski definition) is 1. The average Bonchev–Trinajstić information content (AvgIpc) is 2.71. The molecule has 152 valence electrons. The SMILES string of the molecule is NC1=NS(=O)(=O)Cc2cccc(OC[C@H]3CCCN(C(=O)c4ccccn4)C3)c21. The van der Waals surface area contributed by atoms with Crippen molar-refractivity contribution in [3.63, 3.8) is 0 Å². The molecule has 2 N–H and O–H groups in total. The van der Waals surface area contributed by atoms with Crippen molar-refractivity contribution in [2.24, 2.45) is 16.0 Å². The van der Waals surface area contributed by atoms with Gasteiger partial charge >= 0.3 is 0 Å². The summed E-state index contributed by atoms with van der Waals surface area (Å²) in [6.07, 6.45) is 3.45. The van der Waals surface area contributed by atoms with Gasteiger partial charge in [-0.1, -0.05) is 18.2 Å². The van der Waals surface area contributed by atoms with Gasteiger partial charge in [0.05, 0.1) is 17.9 Å². The molecule has 1 fully saturated rings. The third-order valence-corrected chi connectivity index (χ3v) is 6.26. The number of nitrogens with zero attached hydrogens (tertiary/aromatic N) is 3. The minimum absolute atomic E-state index is 0.0440. The number of nitrogens with two attached hydrogens (primary N) is 1. The van der Waals surface area contributed by atoms with Crippen LogP contribution in [0.15, 0.2) is 47.0 Å². The predicted molar refractivity (Wildman–Crippen MR) is 108 cm³/mol. The fourth-order valence-electron chi connectivity index (χ4n) is 3.78. The largest absolute Gasteiger partial charge is 0.492 e. The highest BCUT2D eigenvalue weighted by Crippen LogP contribution is 2.29. The Labute approximate surface area is 169 Å². The normalized spacial score (nSPS) is 20.5. The predicted octanol–water partition coefficient (Wildman–Crippen LogP) is 1.56. The van der Waals surface area contributed by atoms with Crippen LogP contribution in [0.1, 0.15) is 34.5 Å². The molecule has 8 nitrogen and oxygen atoms in total. The molecule has 0 unspecified atom stereocenters. The zero-order valence-electron chi connectivity index (χ0n) is 15.8. The maximum absolute atomic E-state index is 12.6. The highest BCUT2D eigenvalue weighted by Gasteiger charge is 2.28. The number of amidine groups is 1. The van der Waals surface area contributed by atoms with Crippen LogP contribution in [0.2, 0.25) is 0 Å². The lowest BCUT2D eigenvalue weighted by Gasteiger charge is -2.32. The molecular weight excluding hydrogens is 392 g/mol. The molecule has 2 aromatic rings. The molecule has 3 heterocycles. The van der Waals surface area contributed by atoms with Crippen LogP contribution in [-0.2, 0) is 15.8 Å². The Morgan fingerprint density at radius 1 is 1.24 bits per heavy atom. The van der Waals surface area contributed by atoms with E-state index < -0.39 is 10.0 Å². The zero-order chi connectivity index (χ0) is 20.4. The van der Waals surface area contributed by atoms with Crippen LogP contribution in [0.5, 0.6) is 5.75 Å². The molecule has 0 aliphatic carbocycles. The number of likely N-dealkylation sites (tertiary alicyclic amines) is 1. The fraction of sp³-hybridized carbons (Fsp3) is 0.350. The first-order chi connectivity index (χ1) is 13.9. The molecule has 29 heavy (non-hydrogen) atoms. The minimum Gasteiger partial charge on any atom is -0.492 e.